The molecule has 4 rings (SSSR count). The molecule has 1 fully saturated rings. The van der Waals surface area contributed by atoms with Crippen LogP contribution in [0.4, 0.5) is 0 Å². The molecule has 0 saturated heterocycles. The minimum Gasteiger partial charge on any atom is -0.223 e. The number of hydrogen-bond donors (Lipinski definition) is 0. The second-order valence-electron chi connectivity index (χ2n) is 6.76. The van der Waals surface area contributed by atoms with Gasteiger partial charge in [-0.1, -0.05) is 60.1 Å². The highest BCUT2D eigenvalue weighted by Crippen LogP contribution is 2.59. The van der Waals surface area contributed by atoms with Crippen molar-refractivity contribution in [2.75, 3.05) is 0 Å². The first-order valence-corrected chi connectivity index (χ1v) is 12.1. The summed E-state index contributed by atoms with van der Waals surface area (Å²) < 4.78 is 52.1. The Labute approximate surface area is 169 Å². The second-order valence-corrected chi connectivity index (χ2v) is 11.5. The predicted molar refractivity (Wildman–Crippen MR) is 109 cm³/mol. The predicted octanol–water partition coefficient (Wildman–Crippen LogP) is 4.26. The number of halogens is 1. The Balaban J connectivity index is 1.90. The van der Waals surface area contributed by atoms with Gasteiger partial charge in [-0.05, 0) is 48.4 Å². The van der Waals surface area contributed by atoms with Gasteiger partial charge in [0, 0.05) is 5.02 Å². The zero-order chi connectivity index (χ0) is 20.0. The Morgan fingerprint density at radius 3 is 1.75 bits per heavy atom. The summed E-state index contributed by atoms with van der Waals surface area (Å²) in [7, 11) is -7.79. The van der Waals surface area contributed by atoms with Crippen LogP contribution in [-0.4, -0.2) is 22.1 Å². The normalized spacial score (nSPS) is 22.0. The van der Waals surface area contributed by atoms with E-state index in [1.54, 1.807) is 60.7 Å². The van der Waals surface area contributed by atoms with Gasteiger partial charge in [-0.15, -0.1) is 0 Å². The molecule has 3 aromatic carbocycles. The van der Waals surface area contributed by atoms with Gasteiger partial charge in [-0.2, -0.15) is 0 Å². The molecule has 1 saturated carbocycles. The molecule has 1 aliphatic rings. The summed E-state index contributed by atoms with van der Waals surface area (Å²) in [5.74, 6) is 0. The first-order valence-electron chi connectivity index (χ1n) is 8.65. The van der Waals surface area contributed by atoms with Gasteiger partial charge in [0.15, 0.2) is 19.7 Å². The first kappa shape index (κ1) is 19.2. The molecule has 0 spiro atoms. The van der Waals surface area contributed by atoms with Crippen molar-refractivity contribution in [1.82, 2.24) is 0 Å². The fourth-order valence-corrected chi connectivity index (χ4v) is 8.73. The van der Waals surface area contributed by atoms with Gasteiger partial charge in [-0.3, -0.25) is 0 Å². The molecule has 0 aliphatic heterocycles. The minimum atomic E-state index is -3.96. The Hall–Kier alpha value is -2.15. The summed E-state index contributed by atoms with van der Waals surface area (Å²) >= 11 is 5.97. The van der Waals surface area contributed by atoms with Gasteiger partial charge in [0.05, 0.1) is 15.0 Å². The van der Waals surface area contributed by atoms with Crippen LogP contribution in [-0.2, 0) is 24.4 Å². The van der Waals surface area contributed by atoms with E-state index in [1.807, 2.05) is 0 Å². The van der Waals surface area contributed by atoms with Gasteiger partial charge in [-0.25, -0.2) is 16.8 Å². The van der Waals surface area contributed by atoms with E-state index in [1.165, 1.54) is 24.3 Å². The van der Waals surface area contributed by atoms with E-state index in [4.69, 9.17) is 11.6 Å². The number of rotatable bonds is 5. The van der Waals surface area contributed by atoms with Gasteiger partial charge < -0.3 is 0 Å². The minimum absolute atomic E-state index is 0.00306. The van der Waals surface area contributed by atoms with Crippen LogP contribution in [0.5, 0.6) is 0 Å². The Morgan fingerprint density at radius 1 is 0.714 bits per heavy atom. The van der Waals surface area contributed by atoms with E-state index in [0.29, 0.717) is 10.6 Å². The van der Waals surface area contributed by atoms with Gasteiger partial charge in [0.25, 0.3) is 0 Å². The summed E-state index contributed by atoms with van der Waals surface area (Å²) in [4.78, 5) is 0.231. The monoisotopic (exact) mass is 432 g/mol. The molecule has 0 radical (unpaired) electrons. The van der Waals surface area contributed by atoms with E-state index in [0.717, 1.165) is 0 Å². The third-order valence-electron chi connectivity index (χ3n) is 5.16. The largest absolute Gasteiger partial charge is 0.223 e. The fourth-order valence-electron chi connectivity index (χ4n) is 3.63. The molecule has 1 aliphatic carbocycles. The average Bonchev–Trinajstić information content (AvgIpc) is 3.48. The Kier molecular flexibility index (Phi) is 4.61. The summed E-state index contributed by atoms with van der Waals surface area (Å²) in [6.45, 7) is 0. The van der Waals surface area contributed by atoms with Crippen LogP contribution in [0.2, 0.25) is 5.02 Å². The second kappa shape index (κ2) is 6.72. The van der Waals surface area contributed by atoms with Gasteiger partial charge >= 0.3 is 0 Å². The topological polar surface area (TPSA) is 68.3 Å². The van der Waals surface area contributed by atoms with E-state index in [2.05, 4.69) is 0 Å². The lowest BCUT2D eigenvalue weighted by molar-refractivity contribution is 0.573. The van der Waals surface area contributed by atoms with Crippen molar-refractivity contribution in [3.8, 4) is 0 Å². The van der Waals surface area contributed by atoms with Gasteiger partial charge in [0.1, 0.15) is 4.75 Å². The van der Waals surface area contributed by atoms with E-state index < -0.39 is 29.7 Å². The SMILES string of the molecule is O=S(=O)(c1ccccc1)[C@H]1C[C@]1(c1ccc(Cl)cc1)S(=O)(=O)c1ccccc1. The zero-order valence-corrected chi connectivity index (χ0v) is 17.1. The molecule has 0 N–H and O–H groups in total. The highest BCUT2D eigenvalue weighted by atomic mass is 35.5. The van der Waals surface area contributed by atoms with Crippen LogP contribution in [0, 0.1) is 0 Å². The molecule has 0 amide bonds. The molecule has 28 heavy (non-hydrogen) atoms. The van der Waals surface area contributed by atoms with Gasteiger partial charge in [0.2, 0.25) is 0 Å². The molecular formula is C21H17ClO4S2. The molecule has 0 bridgehead atoms. The maximum Gasteiger partial charge on any atom is 0.189 e. The third kappa shape index (κ3) is 2.87. The molecule has 2 atom stereocenters. The quantitative estimate of drug-likeness (QED) is 0.604. The standard InChI is InChI=1S/C21H17ClO4S2/c22-17-13-11-16(12-14-17)21(28(25,26)19-9-5-2-6-10-19)15-20(21)27(23,24)18-7-3-1-4-8-18/h1-14,20H,15H2/t20-,21+/m0/s1. The van der Waals surface area contributed by atoms with Crippen molar-refractivity contribution in [3.63, 3.8) is 0 Å². The molecular weight excluding hydrogens is 416 g/mol. The molecule has 0 unspecified atom stereocenters. The lowest BCUT2D eigenvalue weighted by Crippen LogP contribution is -2.29. The molecule has 0 heterocycles. The summed E-state index contributed by atoms with van der Waals surface area (Å²) in [6.07, 6.45) is 0.00306. The van der Waals surface area contributed by atoms with Crippen LogP contribution in [0.3, 0.4) is 0 Å². The number of benzene rings is 3. The summed E-state index contributed by atoms with van der Waals surface area (Å²) in [6, 6.07) is 22.3. The Bertz CT molecular complexity index is 1210. The molecule has 3 aromatic rings. The zero-order valence-electron chi connectivity index (χ0n) is 14.7. The van der Waals surface area contributed by atoms with Crippen molar-refractivity contribution >= 4 is 31.3 Å². The van der Waals surface area contributed by atoms with Crippen molar-refractivity contribution in [2.45, 2.75) is 26.2 Å². The van der Waals surface area contributed by atoms with E-state index in [-0.39, 0.29) is 16.2 Å². The number of hydrogen-bond acceptors (Lipinski definition) is 4. The Morgan fingerprint density at radius 2 is 1.21 bits per heavy atom. The molecule has 144 valence electrons. The lowest BCUT2D eigenvalue weighted by atomic mass is 10.1. The van der Waals surface area contributed by atoms with Crippen LogP contribution in [0.15, 0.2) is 94.7 Å². The highest BCUT2D eigenvalue weighted by Gasteiger charge is 2.70. The van der Waals surface area contributed by atoms with Crippen molar-refractivity contribution in [2.24, 2.45) is 0 Å². The average molecular weight is 433 g/mol. The smallest absolute Gasteiger partial charge is 0.189 e. The molecule has 7 heteroatoms. The van der Waals surface area contributed by atoms with Crippen molar-refractivity contribution in [3.05, 3.63) is 95.5 Å². The third-order valence-corrected chi connectivity index (χ3v) is 10.3. The molecule has 0 aromatic heterocycles. The van der Waals surface area contributed by atoms with Crippen LogP contribution >= 0.6 is 11.6 Å². The first-order chi connectivity index (χ1) is 13.3. The summed E-state index contributed by atoms with van der Waals surface area (Å²) in [5.41, 5.74) is 0.435. The molecule has 4 nitrogen and oxygen atoms in total. The van der Waals surface area contributed by atoms with E-state index >= 15 is 0 Å². The summed E-state index contributed by atoms with van der Waals surface area (Å²) in [5, 5.41) is -0.604. The number of sulfone groups is 2. The van der Waals surface area contributed by atoms with Crippen molar-refractivity contribution in [1.29, 1.82) is 0 Å². The maximum atomic E-state index is 13.6. The van der Waals surface area contributed by atoms with Crippen LogP contribution < -0.4 is 0 Å². The van der Waals surface area contributed by atoms with Crippen LogP contribution in [0.25, 0.3) is 0 Å². The van der Waals surface area contributed by atoms with Crippen molar-refractivity contribution < 1.29 is 16.8 Å². The maximum absolute atomic E-state index is 13.6. The van der Waals surface area contributed by atoms with E-state index in [9.17, 15) is 16.8 Å². The lowest BCUT2D eigenvalue weighted by Gasteiger charge is -2.19. The van der Waals surface area contributed by atoms with Crippen LogP contribution in [0.1, 0.15) is 12.0 Å². The highest BCUT2D eigenvalue weighted by molar-refractivity contribution is 7.97. The fraction of sp³-hybridized carbons (Fsp3) is 0.143.